The Bertz CT molecular complexity index is 488. The number of nitrogens with zero attached hydrogens (tertiary/aromatic N) is 3. The summed E-state index contributed by atoms with van der Waals surface area (Å²) in [4.78, 5) is 2.46. The van der Waals surface area contributed by atoms with Gasteiger partial charge in [0.15, 0.2) is 12.5 Å². The molecular formula is C12H21N3O10. The summed E-state index contributed by atoms with van der Waals surface area (Å²) in [6.07, 6.45) is -15.4. The lowest BCUT2D eigenvalue weighted by molar-refractivity contribution is -0.341. The fourth-order valence-corrected chi connectivity index (χ4v) is 2.72. The van der Waals surface area contributed by atoms with Crippen molar-refractivity contribution < 1.29 is 50.0 Å². The van der Waals surface area contributed by atoms with Crippen LogP contribution in [-0.2, 0) is 14.2 Å². The Morgan fingerprint density at radius 3 is 2.04 bits per heavy atom. The van der Waals surface area contributed by atoms with Crippen molar-refractivity contribution in [1.82, 2.24) is 0 Å². The molecule has 2 aliphatic rings. The molecule has 2 fully saturated rings. The quantitative estimate of drug-likeness (QED) is 0.141. The lowest BCUT2D eigenvalue weighted by atomic mass is 9.96. The van der Waals surface area contributed by atoms with E-state index in [-0.39, 0.29) is 0 Å². The number of aliphatic hydroxyl groups excluding tert-OH is 7. The van der Waals surface area contributed by atoms with Gasteiger partial charge in [0.2, 0.25) is 0 Å². The van der Waals surface area contributed by atoms with E-state index in [2.05, 4.69) is 10.0 Å². The van der Waals surface area contributed by atoms with Crippen molar-refractivity contribution in [2.45, 2.75) is 61.3 Å². The first-order valence-electron chi connectivity index (χ1n) is 7.48. The lowest BCUT2D eigenvalue weighted by Gasteiger charge is -2.45. The zero-order valence-corrected chi connectivity index (χ0v) is 12.9. The van der Waals surface area contributed by atoms with Crippen LogP contribution in [-0.4, -0.2) is 110 Å². The van der Waals surface area contributed by atoms with Crippen LogP contribution in [0.15, 0.2) is 5.11 Å². The van der Waals surface area contributed by atoms with Crippen molar-refractivity contribution in [3.8, 4) is 0 Å². The van der Waals surface area contributed by atoms with Crippen LogP contribution in [0.3, 0.4) is 0 Å². The van der Waals surface area contributed by atoms with E-state index < -0.39 is 74.6 Å². The van der Waals surface area contributed by atoms with E-state index in [9.17, 15) is 30.6 Å². The van der Waals surface area contributed by atoms with Gasteiger partial charge in [0, 0.05) is 4.91 Å². The molecule has 25 heavy (non-hydrogen) atoms. The van der Waals surface area contributed by atoms with Crippen LogP contribution in [0.25, 0.3) is 10.4 Å². The minimum absolute atomic E-state index is 0.681. The maximum absolute atomic E-state index is 10.1. The predicted octanol–water partition coefficient (Wildman–Crippen LogP) is -4.08. The molecule has 0 aromatic heterocycles. The molecule has 0 saturated carbocycles. The van der Waals surface area contributed by atoms with Gasteiger partial charge in [-0.1, -0.05) is 5.11 Å². The van der Waals surface area contributed by atoms with E-state index in [1.807, 2.05) is 0 Å². The molecule has 0 radical (unpaired) electrons. The molecule has 0 aliphatic carbocycles. The highest BCUT2D eigenvalue weighted by Gasteiger charge is 2.50. The average molecular weight is 367 g/mol. The molecule has 144 valence electrons. The van der Waals surface area contributed by atoms with Crippen molar-refractivity contribution in [3.05, 3.63) is 10.4 Å². The van der Waals surface area contributed by atoms with Gasteiger partial charge in [-0.15, -0.1) is 0 Å². The Morgan fingerprint density at radius 1 is 0.840 bits per heavy atom. The molecule has 10 atom stereocenters. The normalized spacial score (nSPS) is 48.0. The van der Waals surface area contributed by atoms with E-state index >= 15 is 0 Å². The van der Waals surface area contributed by atoms with E-state index in [0.29, 0.717) is 0 Å². The van der Waals surface area contributed by atoms with Gasteiger partial charge in [-0.05, 0) is 5.53 Å². The van der Waals surface area contributed by atoms with E-state index in [1.54, 1.807) is 0 Å². The van der Waals surface area contributed by atoms with E-state index in [4.69, 9.17) is 24.8 Å². The fourth-order valence-electron chi connectivity index (χ4n) is 2.72. The molecule has 2 aliphatic heterocycles. The second-order valence-corrected chi connectivity index (χ2v) is 5.73. The Balaban J connectivity index is 2.15. The smallest absolute Gasteiger partial charge is 0.187 e. The fraction of sp³-hybridized carbons (Fsp3) is 1.00. The molecule has 7 N–H and O–H groups in total. The van der Waals surface area contributed by atoms with Crippen molar-refractivity contribution in [1.29, 1.82) is 0 Å². The SMILES string of the molecule is [N-]=[N+]=N[C@H]1OC(CO)[C@@H](O[C@H]2OC(CO)[C@@H](O)[C@H](O)C2O)[C@H](O)C1O. The summed E-state index contributed by atoms with van der Waals surface area (Å²) in [5, 5.41) is 71.1. The van der Waals surface area contributed by atoms with Crippen molar-refractivity contribution in [2.75, 3.05) is 13.2 Å². The minimum Gasteiger partial charge on any atom is -0.394 e. The van der Waals surface area contributed by atoms with Gasteiger partial charge in [-0.3, -0.25) is 0 Å². The third-order valence-electron chi connectivity index (χ3n) is 4.14. The first-order valence-corrected chi connectivity index (χ1v) is 7.48. The monoisotopic (exact) mass is 367 g/mol. The lowest BCUT2D eigenvalue weighted by Crippen LogP contribution is -2.64. The molecule has 4 unspecified atom stereocenters. The molecule has 0 spiro atoms. The first-order chi connectivity index (χ1) is 11.8. The topological polar surface area (TPSA) is 218 Å². The summed E-state index contributed by atoms with van der Waals surface area (Å²) in [6.45, 7) is -1.37. The third kappa shape index (κ3) is 4.02. The summed E-state index contributed by atoms with van der Waals surface area (Å²) in [5.74, 6) is 0. The standard InChI is InChI=1S/C12H21N3O10/c13-15-14-11-8(21)7(20)10(4(2-17)23-11)25-12-9(22)6(19)5(18)3(1-16)24-12/h3-12,16-22H,1-2H2/t3?,4?,5-,6+,7-,8?,9?,10-,11+,12-/m1/s1. The van der Waals surface area contributed by atoms with Crippen LogP contribution in [0.1, 0.15) is 0 Å². The van der Waals surface area contributed by atoms with E-state index in [0.717, 1.165) is 0 Å². The number of ether oxygens (including phenoxy) is 3. The summed E-state index contributed by atoms with van der Waals surface area (Å²) in [5.41, 5.74) is 8.42. The molecule has 0 aromatic carbocycles. The number of aliphatic hydroxyl groups is 7. The highest BCUT2D eigenvalue weighted by Crippen LogP contribution is 2.29. The molecule has 2 heterocycles. The highest BCUT2D eigenvalue weighted by molar-refractivity contribution is 4.95. The second kappa shape index (κ2) is 8.53. The van der Waals surface area contributed by atoms with Crippen molar-refractivity contribution in [3.63, 3.8) is 0 Å². The maximum atomic E-state index is 10.1. The summed E-state index contributed by atoms with van der Waals surface area (Å²) in [7, 11) is 0. The number of hydrogen-bond donors (Lipinski definition) is 7. The van der Waals surface area contributed by atoms with E-state index in [1.165, 1.54) is 0 Å². The molecule has 2 saturated heterocycles. The maximum Gasteiger partial charge on any atom is 0.187 e. The Hall–Kier alpha value is -1.09. The molecule has 0 bridgehead atoms. The predicted molar refractivity (Wildman–Crippen MR) is 75.5 cm³/mol. The second-order valence-electron chi connectivity index (χ2n) is 5.73. The Labute approximate surface area is 141 Å². The van der Waals surface area contributed by atoms with Gasteiger partial charge in [-0.25, -0.2) is 0 Å². The van der Waals surface area contributed by atoms with Gasteiger partial charge in [0.25, 0.3) is 0 Å². The van der Waals surface area contributed by atoms with Crippen LogP contribution in [0.5, 0.6) is 0 Å². The van der Waals surface area contributed by atoms with Crippen molar-refractivity contribution in [2.24, 2.45) is 5.11 Å². The number of azide groups is 1. The van der Waals surface area contributed by atoms with Crippen molar-refractivity contribution >= 4 is 0 Å². The van der Waals surface area contributed by atoms with Gasteiger partial charge >= 0.3 is 0 Å². The summed E-state index contributed by atoms with van der Waals surface area (Å²) in [6, 6.07) is 0. The molecule has 2 rings (SSSR count). The third-order valence-corrected chi connectivity index (χ3v) is 4.14. The zero-order valence-electron chi connectivity index (χ0n) is 12.9. The largest absolute Gasteiger partial charge is 0.394 e. The van der Waals surface area contributed by atoms with Crippen LogP contribution in [0, 0.1) is 0 Å². The van der Waals surface area contributed by atoms with Crippen LogP contribution < -0.4 is 0 Å². The molecule has 0 aromatic rings. The molecule has 13 nitrogen and oxygen atoms in total. The molecule has 0 amide bonds. The molecule has 13 heteroatoms. The van der Waals surface area contributed by atoms with Gasteiger partial charge < -0.3 is 50.0 Å². The van der Waals surface area contributed by atoms with Gasteiger partial charge in [0.1, 0.15) is 48.8 Å². The summed E-state index contributed by atoms with van der Waals surface area (Å²) >= 11 is 0. The van der Waals surface area contributed by atoms with Crippen LogP contribution in [0.4, 0.5) is 0 Å². The molecular weight excluding hydrogens is 346 g/mol. The summed E-state index contributed by atoms with van der Waals surface area (Å²) < 4.78 is 15.6. The van der Waals surface area contributed by atoms with Crippen LogP contribution in [0.2, 0.25) is 0 Å². The number of hydrogen-bond acceptors (Lipinski definition) is 11. The minimum atomic E-state index is -1.74. The van der Waals surface area contributed by atoms with Gasteiger partial charge in [-0.2, -0.15) is 0 Å². The van der Waals surface area contributed by atoms with Gasteiger partial charge in [0.05, 0.1) is 13.2 Å². The average Bonchev–Trinajstić information content (AvgIpc) is 2.61. The Kier molecular flexibility index (Phi) is 6.90. The number of rotatable bonds is 5. The van der Waals surface area contributed by atoms with Crippen LogP contribution >= 0.6 is 0 Å². The highest BCUT2D eigenvalue weighted by atomic mass is 16.7. The Morgan fingerprint density at radius 2 is 1.48 bits per heavy atom. The first kappa shape index (κ1) is 20.2. The zero-order chi connectivity index (χ0) is 18.7.